The molecule has 0 aliphatic carbocycles. The Hall–Kier alpha value is -4.15. The monoisotopic (exact) mass is 475 g/mol. The SMILES string of the molecule is Cc1cc(OCc2noc(=O)[nH]2)c(F)c(C)c1Cc1ccc(O)c(-c2cc(F)c(F)cc2F)n1. The molecule has 0 unspecified atom stereocenters. The highest BCUT2D eigenvalue weighted by Gasteiger charge is 2.19. The molecule has 0 saturated carbocycles. The second-order valence-corrected chi connectivity index (χ2v) is 7.53. The lowest BCUT2D eigenvalue weighted by molar-refractivity contribution is 0.271. The van der Waals surface area contributed by atoms with E-state index >= 15 is 0 Å². The normalized spacial score (nSPS) is 11.1. The maximum absolute atomic E-state index is 15.0. The summed E-state index contributed by atoms with van der Waals surface area (Å²) >= 11 is 0. The molecule has 2 N–H and O–H groups in total. The highest BCUT2D eigenvalue weighted by molar-refractivity contribution is 5.67. The molecule has 11 heteroatoms. The fourth-order valence-corrected chi connectivity index (χ4v) is 3.48. The summed E-state index contributed by atoms with van der Waals surface area (Å²) in [6.07, 6.45) is 0.101. The number of ether oxygens (including phenoxy) is 1. The Kier molecular flexibility index (Phi) is 6.10. The number of aromatic amines is 1. The van der Waals surface area contributed by atoms with Gasteiger partial charge in [0.15, 0.2) is 29.0 Å². The predicted octanol–water partition coefficient (Wildman–Crippen LogP) is 4.47. The minimum absolute atomic E-state index is 0.0641. The average molecular weight is 475 g/mol. The fraction of sp³-hybridized carbons (Fsp3) is 0.174. The molecule has 176 valence electrons. The number of H-pyrrole nitrogens is 1. The third-order valence-electron chi connectivity index (χ3n) is 5.23. The van der Waals surface area contributed by atoms with Gasteiger partial charge in [0, 0.05) is 23.7 Å². The van der Waals surface area contributed by atoms with Crippen LogP contribution in [-0.2, 0) is 13.0 Å². The number of aryl methyl sites for hydroxylation is 1. The summed E-state index contributed by atoms with van der Waals surface area (Å²) in [5.74, 6) is -5.55. The molecule has 4 aromatic rings. The van der Waals surface area contributed by atoms with Gasteiger partial charge in [0.1, 0.15) is 23.9 Å². The molecule has 2 aromatic carbocycles. The zero-order chi connectivity index (χ0) is 24.6. The Balaban J connectivity index is 1.64. The topological polar surface area (TPSA) is 101 Å². The second-order valence-electron chi connectivity index (χ2n) is 7.53. The second kappa shape index (κ2) is 9.00. The van der Waals surface area contributed by atoms with E-state index in [1.54, 1.807) is 13.8 Å². The molecule has 0 aliphatic rings. The van der Waals surface area contributed by atoms with Gasteiger partial charge in [-0.2, -0.15) is 0 Å². The number of nitrogens with zero attached hydrogens (tertiary/aromatic N) is 2. The van der Waals surface area contributed by atoms with Crippen LogP contribution in [0.25, 0.3) is 11.3 Å². The van der Waals surface area contributed by atoms with Gasteiger partial charge in [0.25, 0.3) is 0 Å². The van der Waals surface area contributed by atoms with Crippen LogP contribution in [0.15, 0.2) is 39.6 Å². The maximum atomic E-state index is 15.0. The van der Waals surface area contributed by atoms with Gasteiger partial charge in [0.05, 0.1) is 0 Å². The first kappa shape index (κ1) is 23.0. The maximum Gasteiger partial charge on any atom is 0.439 e. The summed E-state index contributed by atoms with van der Waals surface area (Å²) in [4.78, 5) is 17.5. The van der Waals surface area contributed by atoms with E-state index in [1.807, 2.05) is 0 Å². The smallest absolute Gasteiger partial charge is 0.439 e. The summed E-state index contributed by atoms with van der Waals surface area (Å²) in [5.41, 5.74) is 1.13. The molecule has 2 heterocycles. The van der Waals surface area contributed by atoms with Crippen molar-refractivity contribution in [1.82, 2.24) is 15.1 Å². The number of hydrogen-bond donors (Lipinski definition) is 2. The Morgan fingerprint density at radius 3 is 2.50 bits per heavy atom. The average Bonchev–Trinajstić information content (AvgIpc) is 3.21. The van der Waals surface area contributed by atoms with Crippen LogP contribution in [0, 0.1) is 37.1 Å². The summed E-state index contributed by atoms with van der Waals surface area (Å²) in [6, 6.07) is 5.15. The fourth-order valence-electron chi connectivity index (χ4n) is 3.48. The van der Waals surface area contributed by atoms with Gasteiger partial charge in [-0.15, -0.1) is 0 Å². The highest BCUT2D eigenvalue weighted by atomic mass is 19.2. The first-order valence-electron chi connectivity index (χ1n) is 9.94. The molecular weight excluding hydrogens is 458 g/mol. The Morgan fingerprint density at radius 2 is 1.79 bits per heavy atom. The van der Waals surface area contributed by atoms with Gasteiger partial charge in [-0.25, -0.2) is 27.3 Å². The summed E-state index contributed by atoms with van der Waals surface area (Å²) in [6.45, 7) is 3.05. The molecule has 2 aromatic heterocycles. The molecule has 0 atom stereocenters. The van der Waals surface area contributed by atoms with Gasteiger partial charge in [-0.3, -0.25) is 9.51 Å². The van der Waals surface area contributed by atoms with Crippen molar-refractivity contribution in [2.24, 2.45) is 0 Å². The number of pyridine rings is 1. The molecule has 34 heavy (non-hydrogen) atoms. The Morgan fingerprint density at radius 1 is 1.06 bits per heavy atom. The van der Waals surface area contributed by atoms with Gasteiger partial charge in [0.2, 0.25) is 0 Å². The van der Waals surface area contributed by atoms with E-state index in [4.69, 9.17) is 4.74 Å². The van der Waals surface area contributed by atoms with E-state index in [0.29, 0.717) is 29.0 Å². The summed E-state index contributed by atoms with van der Waals surface area (Å²) < 4.78 is 65.9. The van der Waals surface area contributed by atoms with Crippen LogP contribution in [0.3, 0.4) is 0 Å². The van der Waals surface area contributed by atoms with Crippen molar-refractivity contribution in [1.29, 1.82) is 0 Å². The van der Waals surface area contributed by atoms with Crippen molar-refractivity contribution in [3.63, 3.8) is 0 Å². The van der Waals surface area contributed by atoms with E-state index in [-0.39, 0.29) is 35.9 Å². The Labute approximate surface area is 189 Å². The van der Waals surface area contributed by atoms with Crippen LogP contribution >= 0.6 is 0 Å². The number of rotatable bonds is 6. The molecule has 0 amide bonds. The largest absolute Gasteiger partial charge is 0.506 e. The number of hydrogen-bond acceptors (Lipinski definition) is 6. The minimum Gasteiger partial charge on any atom is -0.506 e. The third-order valence-corrected chi connectivity index (χ3v) is 5.23. The quantitative estimate of drug-likeness (QED) is 0.315. The molecule has 0 aliphatic heterocycles. The molecule has 0 fully saturated rings. The number of nitrogens with one attached hydrogen (secondary N) is 1. The summed E-state index contributed by atoms with van der Waals surface area (Å²) in [7, 11) is 0. The van der Waals surface area contributed by atoms with E-state index < -0.39 is 40.3 Å². The van der Waals surface area contributed by atoms with E-state index in [9.17, 15) is 27.5 Å². The number of aromatic nitrogens is 3. The van der Waals surface area contributed by atoms with E-state index in [0.717, 1.165) is 0 Å². The first-order chi connectivity index (χ1) is 16.1. The molecule has 0 spiro atoms. The zero-order valence-electron chi connectivity index (χ0n) is 17.9. The van der Waals surface area contributed by atoms with Gasteiger partial charge in [-0.1, -0.05) is 5.16 Å². The molecular formula is C23H17F4N3O4. The standard InChI is InChI=1S/C23H17F4N3O4/c1-10-5-19(33-9-20-29-23(32)34-30-20)21(27)11(2)13(10)6-12-3-4-18(31)22(28-12)14-7-16(25)17(26)8-15(14)24/h3-5,7-8,31H,6,9H2,1-2H3,(H,29,30,32). The molecule has 0 radical (unpaired) electrons. The van der Waals surface area contributed by atoms with Gasteiger partial charge >= 0.3 is 5.76 Å². The van der Waals surface area contributed by atoms with Crippen molar-refractivity contribution in [2.45, 2.75) is 26.9 Å². The zero-order valence-corrected chi connectivity index (χ0v) is 17.9. The molecule has 0 saturated heterocycles. The van der Waals surface area contributed by atoms with Crippen LogP contribution in [0.2, 0.25) is 0 Å². The lowest BCUT2D eigenvalue weighted by Gasteiger charge is -2.15. The molecule has 0 bridgehead atoms. The lowest BCUT2D eigenvalue weighted by Crippen LogP contribution is -2.06. The van der Waals surface area contributed by atoms with Crippen LogP contribution < -0.4 is 10.5 Å². The van der Waals surface area contributed by atoms with Crippen molar-refractivity contribution in [3.05, 3.63) is 92.4 Å². The van der Waals surface area contributed by atoms with Crippen molar-refractivity contribution >= 4 is 0 Å². The minimum atomic E-state index is -1.36. The van der Waals surface area contributed by atoms with Gasteiger partial charge in [-0.05, 0) is 54.8 Å². The van der Waals surface area contributed by atoms with Crippen LogP contribution in [0.5, 0.6) is 11.5 Å². The van der Waals surface area contributed by atoms with E-state index in [1.165, 1.54) is 18.2 Å². The third kappa shape index (κ3) is 4.49. The van der Waals surface area contributed by atoms with Crippen molar-refractivity contribution in [2.75, 3.05) is 0 Å². The molecule has 4 rings (SSSR count). The highest BCUT2D eigenvalue weighted by Crippen LogP contribution is 2.33. The van der Waals surface area contributed by atoms with Crippen LogP contribution in [0.1, 0.15) is 28.2 Å². The van der Waals surface area contributed by atoms with Crippen LogP contribution in [-0.4, -0.2) is 20.2 Å². The first-order valence-corrected chi connectivity index (χ1v) is 9.94. The van der Waals surface area contributed by atoms with Crippen LogP contribution in [0.4, 0.5) is 17.6 Å². The number of benzene rings is 2. The van der Waals surface area contributed by atoms with Crippen molar-refractivity contribution < 1.29 is 31.9 Å². The summed E-state index contributed by atoms with van der Waals surface area (Å²) in [5, 5.41) is 13.6. The number of halogens is 4. The number of aromatic hydroxyl groups is 1. The molecule has 7 nitrogen and oxygen atoms in total. The Bertz CT molecular complexity index is 1450. The van der Waals surface area contributed by atoms with E-state index in [2.05, 4.69) is 19.6 Å². The predicted molar refractivity (Wildman–Crippen MR) is 111 cm³/mol. The van der Waals surface area contributed by atoms with Crippen molar-refractivity contribution in [3.8, 4) is 22.8 Å². The lowest BCUT2D eigenvalue weighted by atomic mass is 9.97. The van der Waals surface area contributed by atoms with Gasteiger partial charge < -0.3 is 9.84 Å².